The third-order valence-electron chi connectivity index (χ3n) is 22.5. The van der Waals surface area contributed by atoms with Crippen molar-refractivity contribution in [3.63, 3.8) is 0 Å². The Kier molecular flexibility index (Phi) is 28.2. The monoisotopic (exact) mass is 1360 g/mol. The van der Waals surface area contributed by atoms with Gasteiger partial charge in [0.25, 0.3) is 0 Å². The molecule has 1 unspecified atom stereocenters. The Morgan fingerprint density at radius 2 is 1.28 bits per heavy atom. The summed E-state index contributed by atoms with van der Waals surface area (Å²) < 4.78 is 31.5. The van der Waals surface area contributed by atoms with Gasteiger partial charge in [0.2, 0.25) is 29.5 Å². The minimum Gasteiger partial charge on any atom is -0.399 e. The van der Waals surface area contributed by atoms with Gasteiger partial charge in [-0.3, -0.25) is 38.9 Å². The van der Waals surface area contributed by atoms with E-state index in [9.17, 15) is 33.6 Å². The largest absolute Gasteiger partial charge is 0.399 e. The molecule has 1 aromatic heterocycles. The van der Waals surface area contributed by atoms with Crippen LogP contribution < -0.4 is 32.7 Å². The second-order valence-electron chi connectivity index (χ2n) is 31.3. The number of ketones is 2. The lowest BCUT2D eigenvalue weighted by Gasteiger charge is -2.56. The zero-order valence-corrected chi connectivity index (χ0v) is 60.9. The van der Waals surface area contributed by atoms with Gasteiger partial charge in [0.15, 0.2) is 5.78 Å². The number of aromatic nitrogens is 3. The van der Waals surface area contributed by atoms with Crippen LogP contribution in [0.2, 0.25) is 0 Å². The average molecular weight is 1360 g/mol. The molecule has 8 N–H and O–H groups in total. The molecule has 0 radical (unpaired) electrons. The van der Waals surface area contributed by atoms with Crippen LogP contribution in [0.15, 0.2) is 36.4 Å². The van der Waals surface area contributed by atoms with Crippen molar-refractivity contribution in [2.45, 2.75) is 225 Å². The predicted octanol–water partition coefficient (Wildman–Crippen LogP) is 8.90. The molecule has 5 aliphatic rings. The van der Waals surface area contributed by atoms with Gasteiger partial charge in [0.05, 0.1) is 116 Å². The van der Waals surface area contributed by atoms with Crippen LogP contribution in [0.3, 0.4) is 0 Å². The van der Waals surface area contributed by atoms with Crippen molar-refractivity contribution in [2.75, 3.05) is 105 Å². The molecular weight excluding hydrogens is 1240 g/mol. The first-order valence-corrected chi connectivity index (χ1v) is 36.9. The lowest BCUT2D eigenvalue weighted by molar-refractivity contribution is -0.870. The fourth-order valence-electron chi connectivity index (χ4n) is 16.8. The number of carbonyl (C=O) groups is 7. The summed E-state index contributed by atoms with van der Waals surface area (Å²) in [4.78, 5) is 95.9. The van der Waals surface area contributed by atoms with E-state index in [1.54, 1.807) is 6.92 Å². The molecule has 1 heterocycles. The molecule has 544 valence electrons. The van der Waals surface area contributed by atoms with E-state index in [-0.39, 0.29) is 77.5 Å². The number of anilines is 2. The quantitative estimate of drug-likeness (QED) is 0.0136. The second-order valence-corrected chi connectivity index (χ2v) is 31.3. The highest BCUT2D eigenvalue weighted by Gasteiger charge is 2.58. The van der Waals surface area contributed by atoms with Crippen LogP contribution in [0.4, 0.5) is 11.4 Å². The van der Waals surface area contributed by atoms with E-state index in [1.165, 1.54) is 16.7 Å². The number of carbonyl (C=O) groups excluding carboxylic acids is 7. The number of fused-ring (bicyclic) bond motifs is 7. The number of benzene rings is 2. The smallest absolute Gasteiger partial charge is 0.246 e. The van der Waals surface area contributed by atoms with Crippen LogP contribution in [-0.4, -0.2) is 166 Å². The Labute approximate surface area is 582 Å². The van der Waals surface area contributed by atoms with Gasteiger partial charge in [0.1, 0.15) is 24.2 Å². The Morgan fingerprint density at radius 3 is 1.90 bits per heavy atom. The topological polar surface area (TPSA) is 297 Å². The number of hydrogen-bond acceptors (Lipinski definition) is 16. The molecule has 5 amide bonds. The van der Waals surface area contributed by atoms with Gasteiger partial charge in [-0.2, -0.15) is 0 Å². The molecule has 22 nitrogen and oxygen atoms in total. The summed E-state index contributed by atoms with van der Waals surface area (Å²) in [5.74, 6) is -2.36. The van der Waals surface area contributed by atoms with E-state index in [2.05, 4.69) is 98.6 Å². The predicted molar refractivity (Wildman–Crippen MR) is 378 cm³/mol. The maximum atomic E-state index is 14.8. The van der Waals surface area contributed by atoms with Crippen molar-refractivity contribution in [3.05, 3.63) is 70.0 Å². The maximum Gasteiger partial charge on any atom is 0.246 e. The lowest BCUT2D eigenvalue weighted by atomic mass is 9.49. The molecule has 2 fully saturated rings. The Hall–Kier alpha value is -6.01. The Balaban J connectivity index is 0.707. The molecule has 22 heteroatoms. The zero-order chi connectivity index (χ0) is 70.8. The molecule has 0 aliphatic heterocycles. The molecule has 98 heavy (non-hydrogen) atoms. The van der Waals surface area contributed by atoms with E-state index in [0.29, 0.717) is 110 Å². The third-order valence-corrected chi connectivity index (χ3v) is 22.5. The van der Waals surface area contributed by atoms with Crippen molar-refractivity contribution in [1.29, 1.82) is 0 Å². The number of nitrogens with one attached hydrogen (secondary N) is 4. The van der Waals surface area contributed by atoms with Crippen LogP contribution in [0.1, 0.15) is 210 Å². The first kappa shape index (κ1) is 77.7. The van der Waals surface area contributed by atoms with Crippen molar-refractivity contribution in [2.24, 2.45) is 40.2 Å². The Morgan fingerprint density at radius 1 is 0.673 bits per heavy atom. The van der Waals surface area contributed by atoms with Gasteiger partial charge in [-0.1, -0.05) is 91.5 Å². The molecule has 0 bridgehead atoms. The molecule has 0 saturated heterocycles. The summed E-state index contributed by atoms with van der Waals surface area (Å²) in [5.41, 5.74) is 18.5. The summed E-state index contributed by atoms with van der Waals surface area (Å²) in [7, 11) is 6.37. The fourth-order valence-corrected chi connectivity index (χ4v) is 16.8. The molecule has 3 aromatic rings. The van der Waals surface area contributed by atoms with Gasteiger partial charge >= 0.3 is 0 Å². The van der Waals surface area contributed by atoms with Crippen molar-refractivity contribution in [1.82, 2.24) is 30.9 Å². The van der Waals surface area contributed by atoms with Crippen LogP contribution in [0.5, 0.6) is 0 Å². The number of rotatable bonds is 37. The van der Waals surface area contributed by atoms with E-state index in [4.69, 9.17) is 35.2 Å². The van der Waals surface area contributed by atoms with Crippen molar-refractivity contribution < 1.29 is 61.7 Å². The highest BCUT2D eigenvalue weighted by molar-refractivity contribution is 6.01. The lowest BCUT2D eigenvalue weighted by Crippen LogP contribution is -2.60. The van der Waals surface area contributed by atoms with E-state index in [1.807, 2.05) is 36.7 Å². The van der Waals surface area contributed by atoms with Crippen LogP contribution in [0, 0.1) is 34.5 Å². The van der Waals surface area contributed by atoms with Crippen molar-refractivity contribution in [3.8, 4) is 0 Å². The molecule has 2 aromatic carbocycles. The van der Waals surface area contributed by atoms with E-state index in [0.717, 1.165) is 130 Å². The van der Waals surface area contributed by atoms with Crippen LogP contribution in [-0.2, 0) is 93.9 Å². The number of quaternary nitrogens is 1. The van der Waals surface area contributed by atoms with Crippen molar-refractivity contribution >= 4 is 52.5 Å². The minimum absolute atomic E-state index is 0.0441. The number of ether oxygens (including phenoxy) is 5. The maximum absolute atomic E-state index is 14.8. The van der Waals surface area contributed by atoms with Crippen LogP contribution in [0.25, 0.3) is 0 Å². The van der Waals surface area contributed by atoms with Crippen LogP contribution >= 0.6 is 0 Å². The number of Topliss-reactive ketones (excluding diaryl/α,β-unsaturated/α-hetero) is 2. The molecular formula is C76H119N10O12+. The number of imide groups is 1. The third kappa shape index (κ3) is 20.2. The van der Waals surface area contributed by atoms with Gasteiger partial charge < -0.3 is 55.6 Å². The van der Waals surface area contributed by atoms with Gasteiger partial charge in [-0.15, -0.1) is 5.10 Å². The van der Waals surface area contributed by atoms with E-state index >= 15 is 0 Å². The number of hydrogen-bond donors (Lipinski definition) is 6. The Bertz CT molecular complexity index is 3200. The van der Waals surface area contributed by atoms with Gasteiger partial charge in [0, 0.05) is 49.5 Å². The molecule has 10 atom stereocenters. The SMILES string of the molecule is CC(C)[C@H](NC(=O)[C@H](N)CCCCNC(=O)COC1CCCCCc2c1nnn2CCOCCOCCOCCOCCC(=O)CCC[N+](C)(C)C)C(=O)C[C@@H](C)C(=O)Nc1ccc2c(c1)[C@@]1(C)CCC[C@](C)(C(=O)NC(=O)[C@@]3(C)CCC[C@]4(C)c5cc(N)ccc5CC[C@@H]34)[C@@H]1CC2. The average Bonchev–Trinajstić information content (AvgIpc) is 0.836. The molecule has 5 aliphatic carbocycles. The number of nitrogen functional groups attached to an aromatic ring is 1. The highest BCUT2D eigenvalue weighted by Crippen LogP contribution is 2.60. The highest BCUT2D eigenvalue weighted by atomic mass is 16.6. The summed E-state index contributed by atoms with van der Waals surface area (Å²) in [5, 5.41) is 20.9. The number of nitrogens with zero attached hydrogens (tertiary/aromatic N) is 4. The summed E-state index contributed by atoms with van der Waals surface area (Å²) in [6, 6.07) is 10.5. The minimum atomic E-state index is -0.883. The number of amides is 5. The summed E-state index contributed by atoms with van der Waals surface area (Å²) >= 11 is 0. The zero-order valence-electron chi connectivity index (χ0n) is 60.9. The second kappa shape index (κ2) is 35.5. The number of unbranched alkanes of at least 4 members (excludes halogenated alkanes) is 1. The normalized spacial score (nSPS) is 24.6. The summed E-state index contributed by atoms with van der Waals surface area (Å²) in [6.45, 7) is 19.3. The first-order chi connectivity index (χ1) is 46.7. The summed E-state index contributed by atoms with van der Waals surface area (Å²) in [6.07, 6.45) is 15.7. The molecule has 2 saturated carbocycles. The first-order valence-electron chi connectivity index (χ1n) is 36.9. The fraction of sp³-hybridized carbons (Fsp3) is 0.724. The molecule has 8 rings (SSSR count). The number of nitrogens with two attached hydrogens (primary N) is 2. The van der Waals surface area contributed by atoms with Gasteiger partial charge in [-0.25, -0.2) is 4.68 Å². The van der Waals surface area contributed by atoms with E-state index < -0.39 is 40.2 Å². The molecule has 0 spiro atoms. The standard InChI is InChI=1S/C76H118N10O12/c1-51(2)67(81-70(91)60(78)20-14-15-36-79-66(89)50-98-63-22-13-11-12-21-61-68(63)83-84-85(61)37-40-95-42-44-97-46-45-96-43-41-94-39-31-57(87)19-16-38-86(8,9)10)62(88)47-52(3)69(90)80-56-28-24-54-26-30-65-74(5,59(54)49-56)33-18-35-76(65,7)72(93)82-71(92)75(6)34-17-32-73(4)58-48-55(77)27-23-53(58)25-29-64(73)75/h23-24,27-28,48-49,51-52,60,63-65,67H,11-22,25-26,29-47,50,77-78H2,1-10H3,(H3-,79,80,81,82,89,90,91,92,93)/p+1/t52-,60-,63?,64-,65-,67+,73-,74-,75+,76+/m1/s1. The number of aryl methyl sites for hydroxylation is 2. The van der Waals surface area contributed by atoms with Gasteiger partial charge in [-0.05, 0) is 165 Å².